The van der Waals surface area contributed by atoms with Crippen molar-refractivity contribution in [2.45, 2.75) is 0 Å². The molecular weight excluding hydrogens is 314 g/mol. The van der Waals surface area contributed by atoms with Crippen LogP contribution in [0.15, 0.2) is 78.0 Å². The molecule has 4 rings (SSSR count). The average molecular weight is 327 g/mol. The van der Waals surface area contributed by atoms with Gasteiger partial charge >= 0.3 is 0 Å². The second-order valence-electron chi connectivity index (χ2n) is 5.65. The fourth-order valence-corrected chi connectivity index (χ4v) is 2.93. The van der Waals surface area contributed by atoms with Gasteiger partial charge in [-0.2, -0.15) is 0 Å². The maximum absolute atomic E-state index is 11.6. The number of hydrogen-bond acceptors (Lipinski definition) is 4. The summed E-state index contributed by atoms with van der Waals surface area (Å²) in [6.07, 6.45) is 5.02. The molecule has 0 aliphatic rings. The lowest BCUT2D eigenvalue weighted by Gasteiger charge is -2.06. The van der Waals surface area contributed by atoms with Crippen LogP contribution in [0.4, 0.5) is 11.4 Å². The molecule has 5 nitrogen and oxygen atoms in total. The number of nitro benzene ring substituents is 1. The number of pyridine rings is 1. The normalized spacial score (nSPS) is 11.4. The Kier molecular flexibility index (Phi) is 3.67. The molecule has 0 aliphatic heterocycles. The summed E-state index contributed by atoms with van der Waals surface area (Å²) < 4.78 is 0. The van der Waals surface area contributed by atoms with Gasteiger partial charge in [0.25, 0.3) is 5.69 Å². The molecule has 0 amide bonds. The van der Waals surface area contributed by atoms with Crippen LogP contribution in [0.25, 0.3) is 21.5 Å². The van der Waals surface area contributed by atoms with Crippen LogP contribution in [0, 0.1) is 10.1 Å². The highest BCUT2D eigenvalue weighted by molar-refractivity contribution is 6.12. The first-order chi connectivity index (χ1) is 12.2. The summed E-state index contributed by atoms with van der Waals surface area (Å²) in [6, 6.07) is 18.6. The molecule has 1 heterocycles. The van der Waals surface area contributed by atoms with Gasteiger partial charge < -0.3 is 0 Å². The zero-order valence-corrected chi connectivity index (χ0v) is 13.2. The van der Waals surface area contributed by atoms with Gasteiger partial charge in [-0.05, 0) is 28.3 Å². The van der Waals surface area contributed by atoms with E-state index in [9.17, 15) is 10.1 Å². The topological polar surface area (TPSA) is 68.4 Å². The summed E-state index contributed by atoms with van der Waals surface area (Å²) in [6.45, 7) is 0. The molecule has 0 spiro atoms. The zero-order chi connectivity index (χ0) is 17.2. The molecule has 5 heteroatoms. The average Bonchev–Trinajstić information content (AvgIpc) is 2.66. The van der Waals surface area contributed by atoms with Crippen molar-refractivity contribution in [1.82, 2.24) is 4.98 Å². The largest absolute Gasteiger partial charge is 0.279 e. The van der Waals surface area contributed by atoms with Crippen LogP contribution in [-0.2, 0) is 0 Å². The van der Waals surface area contributed by atoms with Gasteiger partial charge in [0, 0.05) is 30.2 Å². The third-order valence-electron chi connectivity index (χ3n) is 4.05. The van der Waals surface area contributed by atoms with Gasteiger partial charge in [0.15, 0.2) is 0 Å². The van der Waals surface area contributed by atoms with E-state index in [1.165, 1.54) is 6.07 Å². The molecule has 0 unspecified atom stereocenters. The maximum Gasteiger partial charge on any atom is 0.279 e. The van der Waals surface area contributed by atoms with E-state index in [4.69, 9.17) is 0 Å². The van der Waals surface area contributed by atoms with E-state index in [2.05, 4.69) is 9.98 Å². The molecule has 3 aromatic carbocycles. The van der Waals surface area contributed by atoms with Crippen molar-refractivity contribution in [3.8, 4) is 0 Å². The number of non-ortho nitro benzene ring substituents is 1. The van der Waals surface area contributed by atoms with Gasteiger partial charge in [0.1, 0.15) is 0 Å². The Labute approximate surface area is 143 Å². The molecule has 0 saturated carbocycles. The van der Waals surface area contributed by atoms with Crippen LogP contribution in [0.5, 0.6) is 0 Å². The number of nitrogens with zero attached hydrogens (tertiary/aromatic N) is 3. The first-order valence-corrected chi connectivity index (χ1v) is 7.76. The summed E-state index contributed by atoms with van der Waals surface area (Å²) in [7, 11) is 0. The quantitative estimate of drug-likeness (QED) is 0.229. The van der Waals surface area contributed by atoms with Gasteiger partial charge in [-0.25, -0.2) is 0 Å². The summed E-state index contributed by atoms with van der Waals surface area (Å²) in [4.78, 5) is 19.7. The molecule has 0 N–H and O–H groups in total. The highest BCUT2D eigenvalue weighted by Gasteiger charge is 2.16. The molecule has 0 fully saturated rings. The number of nitro groups is 1. The summed E-state index contributed by atoms with van der Waals surface area (Å²) in [5, 5.41) is 14.9. The summed E-state index contributed by atoms with van der Waals surface area (Å²) >= 11 is 0. The smallest absolute Gasteiger partial charge is 0.264 e. The molecule has 0 atom stereocenters. The summed E-state index contributed by atoms with van der Waals surface area (Å²) in [5.74, 6) is 0. The van der Waals surface area contributed by atoms with Crippen molar-refractivity contribution in [2.75, 3.05) is 0 Å². The number of aromatic nitrogens is 1. The molecule has 25 heavy (non-hydrogen) atoms. The van der Waals surface area contributed by atoms with E-state index in [-0.39, 0.29) is 10.6 Å². The van der Waals surface area contributed by atoms with Gasteiger partial charge in [-0.1, -0.05) is 42.5 Å². The fraction of sp³-hybridized carbons (Fsp3) is 0. The Morgan fingerprint density at radius 2 is 1.84 bits per heavy atom. The second-order valence-corrected chi connectivity index (χ2v) is 5.65. The molecule has 4 aromatic rings. The van der Waals surface area contributed by atoms with Gasteiger partial charge in [0.2, 0.25) is 0 Å². The minimum atomic E-state index is -0.349. The van der Waals surface area contributed by atoms with Crippen LogP contribution in [-0.4, -0.2) is 16.1 Å². The SMILES string of the molecule is O=[N+]([O-])c1cc(N=Cc2cccnc2)cc2ccc3ccccc3c12. The molecule has 0 saturated heterocycles. The molecule has 0 radical (unpaired) electrons. The number of rotatable bonds is 3. The lowest BCUT2D eigenvalue weighted by atomic mass is 10.00. The van der Waals surface area contributed by atoms with Crippen molar-refractivity contribution < 1.29 is 4.92 Å². The monoisotopic (exact) mass is 327 g/mol. The Morgan fingerprint density at radius 1 is 1.00 bits per heavy atom. The minimum Gasteiger partial charge on any atom is -0.264 e. The van der Waals surface area contributed by atoms with E-state index in [0.717, 1.165) is 21.7 Å². The Morgan fingerprint density at radius 3 is 2.64 bits per heavy atom. The standard InChI is InChI=1S/C20H13N3O2/c24-23(25)19-11-17(22-13-14-4-3-9-21-12-14)10-16-8-7-15-5-1-2-6-18(15)20(16)19/h1-13H. The van der Waals surface area contributed by atoms with Crippen molar-refractivity contribution in [3.63, 3.8) is 0 Å². The lowest BCUT2D eigenvalue weighted by molar-refractivity contribution is -0.382. The van der Waals surface area contributed by atoms with Crippen LogP contribution >= 0.6 is 0 Å². The number of benzene rings is 3. The molecule has 0 aliphatic carbocycles. The van der Waals surface area contributed by atoms with Crippen molar-refractivity contribution in [2.24, 2.45) is 4.99 Å². The number of hydrogen-bond donors (Lipinski definition) is 0. The van der Waals surface area contributed by atoms with Gasteiger partial charge in [-0.3, -0.25) is 20.1 Å². The second kappa shape index (κ2) is 6.13. The molecule has 0 bridgehead atoms. The lowest BCUT2D eigenvalue weighted by Crippen LogP contribution is -1.91. The third kappa shape index (κ3) is 2.83. The van der Waals surface area contributed by atoms with E-state index < -0.39 is 0 Å². The van der Waals surface area contributed by atoms with Crippen molar-refractivity contribution >= 4 is 39.1 Å². The minimum absolute atomic E-state index is 0.0626. The van der Waals surface area contributed by atoms with Crippen LogP contribution in [0.2, 0.25) is 0 Å². The van der Waals surface area contributed by atoms with Crippen LogP contribution in [0.1, 0.15) is 5.56 Å². The Hall–Kier alpha value is -3.60. The predicted molar refractivity (Wildman–Crippen MR) is 99.6 cm³/mol. The fourth-order valence-electron chi connectivity index (χ4n) is 2.93. The molecule has 1 aromatic heterocycles. The number of aliphatic imine (C=N–C) groups is 1. The zero-order valence-electron chi connectivity index (χ0n) is 13.2. The molecule has 120 valence electrons. The maximum atomic E-state index is 11.6. The first-order valence-electron chi connectivity index (χ1n) is 7.76. The van der Waals surface area contributed by atoms with Crippen LogP contribution < -0.4 is 0 Å². The van der Waals surface area contributed by atoms with Gasteiger partial charge in [0.05, 0.1) is 16.0 Å². The number of fused-ring (bicyclic) bond motifs is 3. The van der Waals surface area contributed by atoms with E-state index >= 15 is 0 Å². The van der Waals surface area contributed by atoms with Crippen LogP contribution in [0.3, 0.4) is 0 Å². The van der Waals surface area contributed by atoms with E-state index in [1.54, 1.807) is 18.6 Å². The van der Waals surface area contributed by atoms with Crippen molar-refractivity contribution in [1.29, 1.82) is 0 Å². The van der Waals surface area contributed by atoms with Gasteiger partial charge in [-0.15, -0.1) is 0 Å². The van der Waals surface area contributed by atoms with E-state index in [0.29, 0.717) is 11.1 Å². The highest BCUT2D eigenvalue weighted by Crippen LogP contribution is 2.36. The Bertz CT molecular complexity index is 1120. The summed E-state index contributed by atoms with van der Waals surface area (Å²) in [5.41, 5.74) is 1.44. The predicted octanol–water partition coefficient (Wildman–Crippen LogP) is 5.05. The first kappa shape index (κ1) is 15.0. The highest BCUT2D eigenvalue weighted by atomic mass is 16.6. The van der Waals surface area contributed by atoms with E-state index in [1.807, 2.05) is 54.6 Å². The third-order valence-corrected chi connectivity index (χ3v) is 4.05. The van der Waals surface area contributed by atoms with Crippen molar-refractivity contribution in [3.05, 3.63) is 88.7 Å². The molecular formula is C20H13N3O2. The Balaban J connectivity index is 1.92.